The molecule has 10 heteroatoms. The van der Waals surface area contributed by atoms with Gasteiger partial charge in [0.2, 0.25) is 28.6 Å². The molecule has 0 unspecified atom stereocenters. The van der Waals surface area contributed by atoms with Gasteiger partial charge in [-0.3, -0.25) is 13.9 Å². The molecule has 0 bridgehead atoms. The molecule has 1 N–H and O–H groups in total. The Hall–Kier alpha value is -3.27. The van der Waals surface area contributed by atoms with Crippen molar-refractivity contribution in [2.24, 2.45) is 0 Å². The molecule has 0 aromatic heterocycles. The molecule has 36 heavy (non-hydrogen) atoms. The first-order valence-electron chi connectivity index (χ1n) is 11.8. The smallest absolute Gasteiger partial charge is 0.244 e. The second kappa shape index (κ2) is 10.8. The number of carbonyl (C=O) groups is 2. The number of amides is 2. The highest BCUT2D eigenvalue weighted by Gasteiger charge is 2.33. The van der Waals surface area contributed by atoms with E-state index in [1.54, 1.807) is 12.1 Å². The number of ether oxygens (including phenoxy) is 2. The maximum Gasteiger partial charge on any atom is 0.244 e. The molecule has 0 radical (unpaired) electrons. The van der Waals surface area contributed by atoms with Gasteiger partial charge in [-0.15, -0.1) is 0 Å². The lowest BCUT2D eigenvalue weighted by atomic mass is 10.0. The SMILES string of the molecule is CC[C@H](C(=O)NC(C)(C)C)N(Cc1ccccc1C)C(=O)CN(c1ccc2c(c1)OCO2)S(C)(=O)=O. The Balaban J connectivity index is 1.97. The summed E-state index contributed by atoms with van der Waals surface area (Å²) in [6.07, 6.45) is 1.41. The maximum absolute atomic E-state index is 13.8. The lowest BCUT2D eigenvalue weighted by molar-refractivity contribution is -0.141. The number of hydrogen-bond donors (Lipinski definition) is 1. The van der Waals surface area contributed by atoms with Crippen LogP contribution in [0.1, 0.15) is 45.2 Å². The van der Waals surface area contributed by atoms with Gasteiger partial charge in [0, 0.05) is 18.2 Å². The summed E-state index contributed by atoms with van der Waals surface area (Å²) in [6, 6.07) is 11.5. The lowest BCUT2D eigenvalue weighted by Crippen LogP contribution is -2.55. The molecule has 3 rings (SSSR count). The van der Waals surface area contributed by atoms with Crippen molar-refractivity contribution in [2.75, 3.05) is 23.9 Å². The minimum atomic E-state index is -3.84. The molecule has 0 saturated carbocycles. The van der Waals surface area contributed by atoms with Crippen molar-refractivity contribution in [3.63, 3.8) is 0 Å². The number of fused-ring (bicyclic) bond motifs is 1. The van der Waals surface area contributed by atoms with E-state index in [-0.39, 0.29) is 24.9 Å². The van der Waals surface area contributed by atoms with Gasteiger partial charge >= 0.3 is 0 Å². The second-order valence-corrected chi connectivity index (χ2v) is 11.8. The third-order valence-corrected chi connectivity index (χ3v) is 6.95. The number of nitrogens with zero attached hydrogens (tertiary/aromatic N) is 2. The van der Waals surface area contributed by atoms with Crippen LogP contribution in [0.4, 0.5) is 5.69 Å². The zero-order valence-corrected chi connectivity index (χ0v) is 22.5. The van der Waals surface area contributed by atoms with Crippen LogP contribution in [-0.4, -0.2) is 56.3 Å². The summed E-state index contributed by atoms with van der Waals surface area (Å²) in [7, 11) is -3.84. The summed E-state index contributed by atoms with van der Waals surface area (Å²) in [5.41, 5.74) is 1.63. The van der Waals surface area contributed by atoms with Crippen LogP contribution in [0.5, 0.6) is 11.5 Å². The molecule has 2 amide bonds. The van der Waals surface area contributed by atoms with Crippen LogP contribution in [-0.2, 0) is 26.2 Å². The first-order valence-corrected chi connectivity index (χ1v) is 13.7. The molecule has 0 fully saturated rings. The molecular formula is C26H35N3O6S. The third kappa shape index (κ3) is 6.69. The number of aryl methyl sites for hydroxylation is 1. The number of carbonyl (C=O) groups excluding carboxylic acids is 2. The van der Waals surface area contributed by atoms with Crippen molar-refractivity contribution in [1.29, 1.82) is 0 Å². The number of sulfonamides is 1. The van der Waals surface area contributed by atoms with E-state index in [2.05, 4.69) is 5.32 Å². The fourth-order valence-corrected chi connectivity index (χ4v) is 4.84. The van der Waals surface area contributed by atoms with E-state index in [1.807, 2.05) is 58.9 Å². The maximum atomic E-state index is 13.8. The Morgan fingerprint density at radius 2 is 1.75 bits per heavy atom. The van der Waals surface area contributed by atoms with E-state index in [0.29, 0.717) is 17.9 Å². The highest BCUT2D eigenvalue weighted by Crippen LogP contribution is 2.36. The van der Waals surface area contributed by atoms with Gasteiger partial charge in [0.1, 0.15) is 12.6 Å². The summed E-state index contributed by atoms with van der Waals surface area (Å²) >= 11 is 0. The van der Waals surface area contributed by atoms with Crippen LogP contribution < -0.4 is 19.1 Å². The average Bonchev–Trinajstić information content (AvgIpc) is 3.24. The fraction of sp³-hybridized carbons (Fsp3) is 0.462. The number of nitrogens with one attached hydrogen (secondary N) is 1. The number of anilines is 1. The molecule has 2 aromatic rings. The molecule has 1 aliphatic rings. The van der Waals surface area contributed by atoms with Crippen molar-refractivity contribution in [2.45, 2.75) is 59.2 Å². The summed E-state index contributed by atoms with van der Waals surface area (Å²) in [4.78, 5) is 28.5. The van der Waals surface area contributed by atoms with Gasteiger partial charge in [-0.1, -0.05) is 31.2 Å². The Morgan fingerprint density at radius 3 is 2.36 bits per heavy atom. The molecule has 0 saturated heterocycles. The van der Waals surface area contributed by atoms with Gasteiger partial charge in [-0.05, 0) is 57.4 Å². The molecule has 1 atom stereocenters. The van der Waals surface area contributed by atoms with Crippen molar-refractivity contribution in [1.82, 2.24) is 10.2 Å². The Bertz CT molecular complexity index is 1220. The highest BCUT2D eigenvalue weighted by atomic mass is 32.2. The van der Waals surface area contributed by atoms with Crippen molar-refractivity contribution in [3.05, 3.63) is 53.6 Å². The van der Waals surface area contributed by atoms with E-state index in [4.69, 9.17) is 9.47 Å². The lowest BCUT2D eigenvalue weighted by Gasteiger charge is -2.34. The van der Waals surface area contributed by atoms with E-state index in [1.165, 1.54) is 11.0 Å². The quantitative estimate of drug-likeness (QED) is 0.548. The predicted molar refractivity (Wildman–Crippen MR) is 138 cm³/mol. The predicted octanol–water partition coefficient (Wildman–Crippen LogP) is 3.21. The van der Waals surface area contributed by atoms with Crippen LogP contribution in [0.2, 0.25) is 0 Å². The third-order valence-electron chi connectivity index (χ3n) is 5.81. The summed E-state index contributed by atoms with van der Waals surface area (Å²) < 4.78 is 37.3. The summed E-state index contributed by atoms with van der Waals surface area (Å²) in [5, 5.41) is 2.95. The van der Waals surface area contributed by atoms with E-state index in [9.17, 15) is 18.0 Å². The van der Waals surface area contributed by atoms with Crippen molar-refractivity contribution >= 4 is 27.5 Å². The monoisotopic (exact) mass is 517 g/mol. The van der Waals surface area contributed by atoms with Gasteiger partial charge < -0.3 is 19.7 Å². The largest absolute Gasteiger partial charge is 0.454 e. The summed E-state index contributed by atoms with van der Waals surface area (Å²) in [5.74, 6) is 0.129. The first kappa shape index (κ1) is 27.3. The molecule has 0 spiro atoms. The van der Waals surface area contributed by atoms with Gasteiger partial charge in [0.05, 0.1) is 11.9 Å². The number of hydrogen-bond acceptors (Lipinski definition) is 6. The summed E-state index contributed by atoms with van der Waals surface area (Å²) in [6.45, 7) is 9.12. The van der Waals surface area contributed by atoms with E-state index >= 15 is 0 Å². The molecule has 196 valence electrons. The van der Waals surface area contributed by atoms with Gasteiger partial charge in [0.25, 0.3) is 0 Å². The molecule has 0 aliphatic carbocycles. The second-order valence-electron chi connectivity index (χ2n) is 9.92. The Morgan fingerprint density at radius 1 is 1.08 bits per heavy atom. The van der Waals surface area contributed by atoms with Gasteiger partial charge in [0.15, 0.2) is 11.5 Å². The Kier molecular flexibility index (Phi) is 8.18. The van der Waals surface area contributed by atoms with Crippen LogP contribution in [0.25, 0.3) is 0 Å². The van der Waals surface area contributed by atoms with Crippen molar-refractivity contribution < 1.29 is 27.5 Å². The molecule has 9 nitrogen and oxygen atoms in total. The van der Waals surface area contributed by atoms with Gasteiger partial charge in [-0.2, -0.15) is 0 Å². The van der Waals surface area contributed by atoms with E-state index < -0.39 is 34.1 Å². The van der Waals surface area contributed by atoms with E-state index in [0.717, 1.165) is 21.7 Å². The molecular weight excluding hydrogens is 482 g/mol. The van der Waals surface area contributed by atoms with Crippen LogP contribution in [0, 0.1) is 6.92 Å². The zero-order valence-electron chi connectivity index (χ0n) is 21.7. The normalized spacial score (nSPS) is 13.7. The number of benzene rings is 2. The van der Waals surface area contributed by atoms with Crippen LogP contribution in [0.15, 0.2) is 42.5 Å². The van der Waals surface area contributed by atoms with Gasteiger partial charge in [-0.25, -0.2) is 8.42 Å². The minimum absolute atomic E-state index is 0.0435. The first-order chi connectivity index (χ1) is 16.8. The fourth-order valence-electron chi connectivity index (χ4n) is 4.00. The average molecular weight is 518 g/mol. The van der Waals surface area contributed by atoms with Crippen LogP contribution >= 0.6 is 0 Å². The molecule has 1 heterocycles. The minimum Gasteiger partial charge on any atom is -0.454 e. The Labute approximate surface area is 213 Å². The molecule has 2 aromatic carbocycles. The zero-order chi connectivity index (χ0) is 26.7. The topological polar surface area (TPSA) is 105 Å². The highest BCUT2D eigenvalue weighted by molar-refractivity contribution is 7.92. The number of rotatable bonds is 9. The van der Waals surface area contributed by atoms with Crippen LogP contribution in [0.3, 0.4) is 0 Å². The standard InChI is InChI=1S/C26H35N3O6S/c1-7-21(25(31)27-26(3,4)5)28(15-19-11-9-8-10-18(19)2)24(30)16-29(36(6,32)33)20-12-13-22-23(14-20)35-17-34-22/h8-14,21H,7,15-17H2,1-6H3,(H,27,31)/t21-/m1/s1. The molecule has 1 aliphatic heterocycles. The van der Waals surface area contributed by atoms with Crippen molar-refractivity contribution in [3.8, 4) is 11.5 Å².